The molecule has 0 saturated carbocycles. The van der Waals surface area contributed by atoms with E-state index in [0.717, 1.165) is 27.6 Å². The lowest BCUT2D eigenvalue weighted by atomic mass is 9.98. The van der Waals surface area contributed by atoms with Crippen molar-refractivity contribution < 1.29 is 9.59 Å². The minimum atomic E-state index is -0.584. The summed E-state index contributed by atoms with van der Waals surface area (Å²) in [5.41, 5.74) is 4.34. The van der Waals surface area contributed by atoms with Gasteiger partial charge in [-0.2, -0.15) is 0 Å². The van der Waals surface area contributed by atoms with Crippen molar-refractivity contribution in [1.82, 2.24) is 20.2 Å². The molecule has 3 heterocycles. The molecule has 2 amide bonds. The summed E-state index contributed by atoms with van der Waals surface area (Å²) in [6.07, 6.45) is 3.94. The monoisotopic (exact) mass is 444 g/mol. The largest absolute Gasteiger partial charge is 0.353 e. The van der Waals surface area contributed by atoms with Gasteiger partial charge in [0.15, 0.2) is 0 Å². The zero-order chi connectivity index (χ0) is 22.1. The molecule has 0 spiro atoms. The van der Waals surface area contributed by atoms with Gasteiger partial charge >= 0.3 is 0 Å². The van der Waals surface area contributed by atoms with E-state index in [1.54, 1.807) is 29.4 Å². The summed E-state index contributed by atoms with van der Waals surface area (Å²) in [5, 5.41) is 4.40. The molecule has 7 heteroatoms. The Hall–Kier alpha value is -3.64. The first-order chi connectivity index (χ1) is 15.6. The Morgan fingerprint density at radius 1 is 1.06 bits per heavy atom. The molecule has 0 radical (unpaired) electrons. The molecule has 0 aliphatic carbocycles. The number of H-pyrrole nitrogens is 1. The third kappa shape index (κ3) is 3.97. The van der Waals surface area contributed by atoms with Crippen LogP contribution in [0.4, 0.5) is 0 Å². The molecule has 0 unspecified atom stereocenters. The van der Waals surface area contributed by atoms with Crippen LogP contribution in [0.1, 0.15) is 16.1 Å². The molecule has 1 fully saturated rings. The Morgan fingerprint density at radius 2 is 1.91 bits per heavy atom. The van der Waals surface area contributed by atoms with Crippen LogP contribution in [0.3, 0.4) is 0 Å². The third-order valence-corrected chi connectivity index (χ3v) is 6.01. The normalized spacial score (nSPS) is 16.2. The minimum absolute atomic E-state index is 0.141. The fourth-order valence-electron chi connectivity index (χ4n) is 4.18. The van der Waals surface area contributed by atoms with Gasteiger partial charge in [-0.1, -0.05) is 41.9 Å². The van der Waals surface area contributed by atoms with E-state index < -0.39 is 6.04 Å². The number of aromatic nitrogens is 2. The highest BCUT2D eigenvalue weighted by Gasteiger charge is 2.34. The van der Waals surface area contributed by atoms with Crippen LogP contribution in [0.5, 0.6) is 0 Å². The number of nitrogens with zero attached hydrogens (tertiary/aromatic N) is 2. The smallest absolute Gasteiger partial charge is 0.271 e. The van der Waals surface area contributed by atoms with E-state index in [4.69, 9.17) is 11.6 Å². The van der Waals surface area contributed by atoms with Crippen LogP contribution in [0.15, 0.2) is 73.1 Å². The Balaban J connectivity index is 1.43. The van der Waals surface area contributed by atoms with Crippen molar-refractivity contribution in [3.63, 3.8) is 0 Å². The zero-order valence-electron chi connectivity index (χ0n) is 17.2. The van der Waals surface area contributed by atoms with Crippen LogP contribution < -0.4 is 5.32 Å². The van der Waals surface area contributed by atoms with Crippen molar-refractivity contribution >= 4 is 34.3 Å². The highest BCUT2D eigenvalue weighted by Crippen LogP contribution is 2.24. The number of carbonyl (C=O) groups excluding carboxylic acids is 2. The van der Waals surface area contributed by atoms with E-state index in [9.17, 15) is 9.59 Å². The molecular weight excluding hydrogens is 424 g/mol. The standard InChI is InChI=1S/C25H21ClN4O2/c26-20-5-4-19-14-22(29-21(19)15-20)25(32)30-11-10-28-24(31)23(30)13-16-2-1-3-18(12-16)17-6-8-27-9-7-17/h1-9,12,14-15,23,29H,10-11,13H2,(H,28,31)/t23-/m1/s1. The molecule has 0 bridgehead atoms. The van der Waals surface area contributed by atoms with Gasteiger partial charge in [0.1, 0.15) is 11.7 Å². The maximum atomic E-state index is 13.4. The van der Waals surface area contributed by atoms with E-state index in [2.05, 4.69) is 21.4 Å². The lowest BCUT2D eigenvalue weighted by Crippen LogP contribution is -2.58. The SMILES string of the molecule is O=C1NCCN(C(=O)c2cc3ccc(Cl)cc3[nH]2)[C@@H]1Cc1cccc(-c2ccncc2)c1. The van der Waals surface area contributed by atoms with Crippen LogP contribution in [0, 0.1) is 0 Å². The van der Waals surface area contributed by atoms with Gasteiger partial charge < -0.3 is 15.2 Å². The van der Waals surface area contributed by atoms with Crippen LogP contribution in [0.2, 0.25) is 5.02 Å². The first kappa shape index (κ1) is 20.3. The van der Waals surface area contributed by atoms with Gasteiger partial charge in [-0.05, 0) is 47.0 Å². The number of pyridine rings is 1. The lowest BCUT2D eigenvalue weighted by Gasteiger charge is -2.35. The number of benzene rings is 2. The first-order valence-corrected chi connectivity index (χ1v) is 10.8. The summed E-state index contributed by atoms with van der Waals surface area (Å²) in [5.74, 6) is -0.333. The van der Waals surface area contributed by atoms with Crippen LogP contribution in [-0.2, 0) is 11.2 Å². The van der Waals surface area contributed by atoms with Crippen molar-refractivity contribution in [3.8, 4) is 11.1 Å². The number of aromatic amines is 1. The molecule has 2 N–H and O–H groups in total. The number of hydrogen-bond donors (Lipinski definition) is 2. The van der Waals surface area contributed by atoms with Crippen molar-refractivity contribution in [2.24, 2.45) is 0 Å². The molecule has 5 rings (SSSR count). The predicted octanol–water partition coefficient (Wildman–Crippen LogP) is 4.07. The number of piperazine rings is 1. The van der Waals surface area contributed by atoms with Crippen molar-refractivity contribution in [3.05, 3.63) is 89.3 Å². The van der Waals surface area contributed by atoms with Crippen LogP contribution in [0.25, 0.3) is 22.0 Å². The Morgan fingerprint density at radius 3 is 2.75 bits per heavy atom. The van der Waals surface area contributed by atoms with Gasteiger partial charge in [0.2, 0.25) is 5.91 Å². The van der Waals surface area contributed by atoms with Gasteiger partial charge in [0.25, 0.3) is 5.91 Å². The quantitative estimate of drug-likeness (QED) is 0.498. The van der Waals surface area contributed by atoms with E-state index in [-0.39, 0.29) is 11.8 Å². The Labute approximate surface area is 190 Å². The summed E-state index contributed by atoms with van der Waals surface area (Å²) < 4.78 is 0. The van der Waals surface area contributed by atoms with Crippen molar-refractivity contribution in [1.29, 1.82) is 0 Å². The Bertz CT molecular complexity index is 1300. The van der Waals surface area contributed by atoms with Gasteiger partial charge in [-0.3, -0.25) is 14.6 Å². The number of nitrogens with one attached hydrogen (secondary N) is 2. The number of rotatable bonds is 4. The number of amides is 2. The fourth-order valence-corrected chi connectivity index (χ4v) is 4.35. The average Bonchev–Trinajstić information content (AvgIpc) is 3.24. The summed E-state index contributed by atoms with van der Waals surface area (Å²) in [6.45, 7) is 0.888. The number of hydrogen-bond acceptors (Lipinski definition) is 3. The summed E-state index contributed by atoms with van der Waals surface area (Å²) >= 11 is 6.07. The highest BCUT2D eigenvalue weighted by atomic mass is 35.5. The molecule has 1 aliphatic heterocycles. The van der Waals surface area contributed by atoms with Crippen LogP contribution in [-0.4, -0.2) is 45.8 Å². The van der Waals surface area contributed by atoms with E-state index >= 15 is 0 Å². The van der Waals surface area contributed by atoms with Gasteiger partial charge in [-0.15, -0.1) is 0 Å². The van der Waals surface area contributed by atoms with Gasteiger partial charge in [0, 0.05) is 47.8 Å². The molecule has 6 nitrogen and oxygen atoms in total. The number of carbonyl (C=O) groups is 2. The molecule has 32 heavy (non-hydrogen) atoms. The zero-order valence-corrected chi connectivity index (χ0v) is 18.0. The summed E-state index contributed by atoms with van der Waals surface area (Å²) in [4.78, 5) is 35.0. The molecular formula is C25H21ClN4O2. The molecule has 2 aromatic heterocycles. The number of fused-ring (bicyclic) bond motifs is 1. The number of halogens is 1. The van der Waals surface area contributed by atoms with Crippen molar-refractivity contribution in [2.45, 2.75) is 12.5 Å². The van der Waals surface area contributed by atoms with Crippen molar-refractivity contribution in [2.75, 3.05) is 13.1 Å². The Kier molecular flexibility index (Phi) is 5.37. The molecule has 4 aromatic rings. The minimum Gasteiger partial charge on any atom is -0.353 e. The van der Waals surface area contributed by atoms with Gasteiger partial charge in [-0.25, -0.2) is 0 Å². The third-order valence-electron chi connectivity index (χ3n) is 5.78. The maximum Gasteiger partial charge on any atom is 0.271 e. The molecule has 160 valence electrons. The predicted molar refractivity (Wildman–Crippen MR) is 125 cm³/mol. The topological polar surface area (TPSA) is 78.1 Å². The second-order valence-corrected chi connectivity index (χ2v) is 8.30. The first-order valence-electron chi connectivity index (χ1n) is 10.4. The average molecular weight is 445 g/mol. The second-order valence-electron chi connectivity index (χ2n) is 7.86. The van der Waals surface area contributed by atoms with E-state index in [0.29, 0.717) is 30.2 Å². The highest BCUT2D eigenvalue weighted by molar-refractivity contribution is 6.31. The molecule has 1 saturated heterocycles. The summed E-state index contributed by atoms with van der Waals surface area (Å²) in [6, 6.07) is 18.6. The lowest BCUT2D eigenvalue weighted by molar-refractivity contribution is -0.127. The van der Waals surface area contributed by atoms with E-state index in [1.165, 1.54) is 0 Å². The van der Waals surface area contributed by atoms with E-state index in [1.807, 2.05) is 42.5 Å². The summed E-state index contributed by atoms with van der Waals surface area (Å²) in [7, 11) is 0. The molecule has 1 aliphatic rings. The maximum absolute atomic E-state index is 13.4. The molecule has 2 aromatic carbocycles. The molecule has 1 atom stereocenters. The second kappa shape index (κ2) is 8.48. The van der Waals surface area contributed by atoms with Crippen LogP contribution >= 0.6 is 11.6 Å². The fraction of sp³-hybridized carbons (Fsp3) is 0.160. The van der Waals surface area contributed by atoms with Gasteiger partial charge in [0.05, 0.1) is 0 Å².